The average molecular weight is 441 g/mol. The van der Waals surface area contributed by atoms with Gasteiger partial charge in [-0.15, -0.1) is 0 Å². The van der Waals surface area contributed by atoms with E-state index in [-0.39, 0.29) is 12.3 Å². The number of nitrogens with zero attached hydrogens (tertiary/aromatic N) is 2. The number of ether oxygens (including phenoxy) is 4. The third kappa shape index (κ3) is 5.69. The Hall–Kier alpha value is -3.75. The first-order chi connectivity index (χ1) is 15.6. The SMILES string of the molecule is COc1ccc(CCNC(=O)CCc2nc(-c3ccc(OC)c(OC)c3)no2)cc1OC. The number of hydrogen-bond donors (Lipinski definition) is 1. The first-order valence-electron chi connectivity index (χ1n) is 10.1. The van der Waals surface area contributed by atoms with Crippen LogP contribution in [0.3, 0.4) is 0 Å². The molecule has 0 fully saturated rings. The van der Waals surface area contributed by atoms with Crippen LogP contribution in [0.1, 0.15) is 17.9 Å². The van der Waals surface area contributed by atoms with Gasteiger partial charge in [0.15, 0.2) is 23.0 Å². The van der Waals surface area contributed by atoms with Gasteiger partial charge in [-0.05, 0) is 42.3 Å². The van der Waals surface area contributed by atoms with Gasteiger partial charge in [-0.2, -0.15) is 4.98 Å². The molecule has 3 aromatic rings. The molecule has 1 N–H and O–H groups in total. The minimum Gasteiger partial charge on any atom is -0.493 e. The number of rotatable bonds is 11. The first-order valence-corrected chi connectivity index (χ1v) is 10.1. The van der Waals surface area contributed by atoms with Gasteiger partial charge < -0.3 is 28.8 Å². The minimum absolute atomic E-state index is 0.0867. The van der Waals surface area contributed by atoms with E-state index in [1.807, 2.05) is 24.3 Å². The van der Waals surface area contributed by atoms with Crippen LogP contribution in [-0.4, -0.2) is 51.0 Å². The molecule has 2 aromatic carbocycles. The van der Waals surface area contributed by atoms with Crippen LogP contribution >= 0.6 is 0 Å². The standard InChI is InChI=1S/C23H27N3O6/c1-28-17-7-5-15(13-19(17)30-3)11-12-24-21(27)9-10-22-25-23(26-32-22)16-6-8-18(29-2)20(14-16)31-4/h5-8,13-14H,9-12H2,1-4H3,(H,24,27). The number of nitrogens with one attached hydrogen (secondary N) is 1. The van der Waals surface area contributed by atoms with Gasteiger partial charge in [0, 0.05) is 24.9 Å². The molecule has 3 rings (SSSR count). The fraction of sp³-hybridized carbons (Fsp3) is 0.348. The normalized spacial score (nSPS) is 10.5. The van der Waals surface area contributed by atoms with Gasteiger partial charge in [0.2, 0.25) is 17.6 Å². The van der Waals surface area contributed by atoms with Crippen molar-refractivity contribution < 1.29 is 28.3 Å². The number of carbonyl (C=O) groups is 1. The van der Waals surface area contributed by atoms with E-state index in [2.05, 4.69) is 15.5 Å². The van der Waals surface area contributed by atoms with Crippen molar-refractivity contribution in [3.8, 4) is 34.4 Å². The summed E-state index contributed by atoms with van der Waals surface area (Å²) in [6.07, 6.45) is 1.28. The highest BCUT2D eigenvalue weighted by Gasteiger charge is 2.13. The van der Waals surface area contributed by atoms with E-state index in [0.29, 0.717) is 54.1 Å². The molecule has 0 aliphatic rings. The fourth-order valence-corrected chi connectivity index (χ4v) is 3.14. The summed E-state index contributed by atoms with van der Waals surface area (Å²) in [7, 11) is 6.32. The molecule has 0 aliphatic heterocycles. The van der Waals surface area contributed by atoms with Crippen molar-refractivity contribution in [1.82, 2.24) is 15.5 Å². The second kappa shape index (κ2) is 11.0. The maximum Gasteiger partial charge on any atom is 0.227 e. The van der Waals surface area contributed by atoms with Gasteiger partial charge in [-0.25, -0.2) is 0 Å². The van der Waals surface area contributed by atoms with Crippen LogP contribution in [0.4, 0.5) is 0 Å². The quantitative estimate of drug-likeness (QED) is 0.484. The Morgan fingerprint density at radius 3 is 2.22 bits per heavy atom. The molecule has 0 radical (unpaired) electrons. The van der Waals surface area contributed by atoms with Crippen LogP contribution < -0.4 is 24.3 Å². The van der Waals surface area contributed by atoms with Gasteiger partial charge in [0.1, 0.15) is 0 Å². The molecule has 0 unspecified atom stereocenters. The third-order valence-electron chi connectivity index (χ3n) is 4.86. The maximum absolute atomic E-state index is 12.2. The molecule has 0 saturated heterocycles. The summed E-state index contributed by atoms with van der Waals surface area (Å²) in [5, 5.41) is 6.89. The van der Waals surface area contributed by atoms with E-state index in [0.717, 1.165) is 11.1 Å². The Morgan fingerprint density at radius 2 is 1.53 bits per heavy atom. The molecular formula is C23H27N3O6. The second-order valence-electron chi connectivity index (χ2n) is 6.87. The lowest BCUT2D eigenvalue weighted by Crippen LogP contribution is -2.25. The van der Waals surface area contributed by atoms with Gasteiger partial charge in [0.05, 0.1) is 28.4 Å². The lowest BCUT2D eigenvalue weighted by atomic mass is 10.1. The van der Waals surface area contributed by atoms with E-state index < -0.39 is 0 Å². The smallest absolute Gasteiger partial charge is 0.227 e. The monoisotopic (exact) mass is 441 g/mol. The molecule has 170 valence electrons. The molecule has 1 amide bonds. The third-order valence-corrected chi connectivity index (χ3v) is 4.86. The zero-order chi connectivity index (χ0) is 22.9. The highest BCUT2D eigenvalue weighted by atomic mass is 16.5. The Bertz CT molecular complexity index is 1050. The molecule has 0 aliphatic carbocycles. The maximum atomic E-state index is 12.2. The number of benzene rings is 2. The van der Waals surface area contributed by atoms with Crippen LogP contribution in [0.5, 0.6) is 23.0 Å². The molecular weight excluding hydrogens is 414 g/mol. The van der Waals surface area contributed by atoms with Crippen LogP contribution in [-0.2, 0) is 17.6 Å². The summed E-state index contributed by atoms with van der Waals surface area (Å²) >= 11 is 0. The van der Waals surface area contributed by atoms with Crippen molar-refractivity contribution in [2.75, 3.05) is 35.0 Å². The van der Waals surface area contributed by atoms with Crippen molar-refractivity contribution in [1.29, 1.82) is 0 Å². The molecule has 1 heterocycles. The van der Waals surface area contributed by atoms with Gasteiger partial charge >= 0.3 is 0 Å². The van der Waals surface area contributed by atoms with Gasteiger partial charge in [0.25, 0.3) is 0 Å². The number of carbonyl (C=O) groups excluding carboxylic acids is 1. The number of amides is 1. The van der Waals surface area contributed by atoms with Crippen molar-refractivity contribution in [3.05, 3.63) is 47.9 Å². The molecule has 9 nitrogen and oxygen atoms in total. The second-order valence-corrected chi connectivity index (χ2v) is 6.87. The summed E-state index contributed by atoms with van der Waals surface area (Å²) in [6.45, 7) is 0.509. The largest absolute Gasteiger partial charge is 0.493 e. The van der Waals surface area contributed by atoms with E-state index >= 15 is 0 Å². The Balaban J connectivity index is 1.48. The lowest BCUT2D eigenvalue weighted by molar-refractivity contribution is -0.121. The number of hydrogen-bond acceptors (Lipinski definition) is 8. The summed E-state index contributed by atoms with van der Waals surface area (Å²) in [4.78, 5) is 16.6. The molecule has 0 bridgehead atoms. The summed E-state index contributed by atoms with van der Waals surface area (Å²) in [6, 6.07) is 11.1. The summed E-state index contributed by atoms with van der Waals surface area (Å²) in [5.41, 5.74) is 1.77. The predicted octanol–water partition coefficient (Wildman–Crippen LogP) is 3.06. The number of methoxy groups -OCH3 is 4. The lowest BCUT2D eigenvalue weighted by Gasteiger charge is -2.10. The molecule has 9 heteroatoms. The van der Waals surface area contributed by atoms with Crippen LogP contribution in [0.15, 0.2) is 40.9 Å². The van der Waals surface area contributed by atoms with E-state index in [4.69, 9.17) is 23.5 Å². The Morgan fingerprint density at radius 1 is 0.875 bits per heavy atom. The Kier molecular flexibility index (Phi) is 7.91. The fourth-order valence-electron chi connectivity index (χ4n) is 3.14. The zero-order valence-electron chi connectivity index (χ0n) is 18.6. The van der Waals surface area contributed by atoms with Crippen molar-refractivity contribution in [2.45, 2.75) is 19.3 Å². The molecule has 32 heavy (non-hydrogen) atoms. The first kappa shape index (κ1) is 22.9. The Labute approximate surface area is 186 Å². The molecule has 1 aromatic heterocycles. The van der Waals surface area contributed by atoms with Crippen LogP contribution in [0.25, 0.3) is 11.4 Å². The van der Waals surface area contributed by atoms with Crippen LogP contribution in [0.2, 0.25) is 0 Å². The van der Waals surface area contributed by atoms with Gasteiger partial charge in [-0.1, -0.05) is 11.2 Å². The van der Waals surface area contributed by atoms with Crippen molar-refractivity contribution in [3.63, 3.8) is 0 Å². The van der Waals surface area contributed by atoms with Crippen molar-refractivity contribution in [2.24, 2.45) is 0 Å². The minimum atomic E-state index is -0.0867. The van der Waals surface area contributed by atoms with E-state index in [9.17, 15) is 4.79 Å². The van der Waals surface area contributed by atoms with Gasteiger partial charge in [-0.3, -0.25) is 4.79 Å². The van der Waals surface area contributed by atoms with Crippen LogP contribution in [0, 0.1) is 0 Å². The molecule has 0 spiro atoms. The predicted molar refractivity (Wildman–Crippen MR) is 117 cm³/mol. The summed E-state index contributed by atoms with van der Waals surface area (Å²) < 4.78 is 26.4. The number of aromatic nitrogens is 2. The topological polar surface area (TPSA) is 105 Å². The highest BCUT2D eigenvalue weighted by molar-refractivity contribution is 5.76. The van der Waals surface area contributed by atoms with E-state index in [1.165, 1.54) is 0 Å². The average Bonchev–Trinajstić information content (AvgIpc) is 3.31. The molecule has 0 saturated carbocycles. The zero-order valence-corrected chi connectivity index (χ0v) is 18.6. The summed E-state index contributed by atoms with van der Waals surface area (Å²) in [5.74, 6) is 3.26. The van der Waals surface area contributed by atoms with E-state index in [1.54, 1.807) is 40.6 Å². The van der Waals surface area contributed by atoms with Crippen molar-refractivity contribution >= 4 is 5.91 Å². The highest BCUT2D eigenvalue weighted by Crippen LogP contribution is 2.31. The number of aryl methyl sites for hydroxylation is 1. The molecule has 0 atom stereocenters.